The SMILES string of the molecule is O=C(NCC1CCCC(Cl)C1)C1CCCS1. The van der Waals surface area contributed by atoms with Crippen molar-refractivity contribution in [2.24, 2.45) is 5.92 Å². The summed E-state index contributed by atoms with van der Waals surface area (Å²) in [5.41, 5.74) is 0. The van der Waals surface area contributed by atoms with Crippen LogP contribution >= 0.6 is 23.4 Å². The molecule has 0 spiro atoms. The van der Waals surface area contributed by atoms with E-state index in [4.69, 9.17) is 11.6 Å². The molecule has 1 aliphatic heterocycles. The fourth-order valence-corrected chi connectivity index (χ4v) is 4.15. The molecule has 3 atom stereocenters. The Kier molecular flexibility index (Phi) is 4.83. The smallest absolute Gasteiger partial charge is 0.233 e. The Morgan fingerprint density at radius 1 is 1.31 bits per heavy atom. The molecule has 0 aromatic carbocycles. The van der Waals surface area contributed by atoms with Gasteiger partial charge in [-0.3, -0.25) is 4.79 Å². The lowest BCUT2D eigenvalue weighted by molar-refractivity contribution is -0.120. The molecule has 16 heavy (non-hydrogen) atoms. The molecule has 0 aromatic heterocycles. The van der Waals surface area contributed by atoms with Crippen molar-refractivity contribution in [3.63, 3.8) is 0 Å². The van der Waals surface area contributed by atoms with E-state index in [-0.39, 0.29) is 11.2 Å². The minimum absolute atomic E-state index is 0.218. The molecule has 1 heterocycles. The minimum atomic E-state index is 0.218. The monoisotopic (exact) mass is 261 g/mol. The average Bonchev–Trinajstić information content (AvgIpc) is 2.79. The minimum Gasteiger partial charge on any atom is -0.355 e. The highest BCUT2D eigenvalue weighted by molar-refractivity contribution is 8.00. The number of rotatable bonds is 3. The highest BCUT2D eigenvalue weighted by Gasteiger charge is 2.25. The molecule has 2 aliphatic rings. The third-order valence-corrected chi connectivity index (χ3v) is 5.28. The van der Waals surface area contributed by atoms with Gasteiger partial charge >= 0.3 is 0 Å². The first kappa shape index (κ1) is 12.6. The zero-order valence-corrected chi connectivity index (χ0v) is 11.2. The molecule has 4 heteroatoms. The number of alkyl halides is 1. The Bertz CT molecular complexity index is 243. The summed E-state index contributed by atoms with van der Waals surface area (Å²) in [6.45, 7) is 0.832. The van der Waals surface area contributed by atoms with Crippen LogP contribution in [0, 0.1) is 5.92 Å². The van der Waals surface area contributed by atoms with Gasteiger partial charge in [-0.25, -0.2) is 0 Å². The first-order chi connectivity index (χ1) is 7.75. The van der Waals surface area contributed by atoms with Crippen LogP contribution in [0.2, 0.25) is 0 Å². The Morgan fingerprint density at radius 3 is 2.88 bits per heavy atom. The van der Waals surface area contributed by atoms with E-state index in [1.54, 1.807) is 11.8 Å². The van der Waals surface area contributed by atoms with E-state index in [1.807, 2.05) is 0 Å². The van der Waals surface area contributed by atoms with Crippen LogP contribution < -0.4 is 5.32 Å². The highest BCUT2D eigenvalue weighted by atomic mass is 35.5. The largest absolute Gasteiger partial charge is 0.355 e. The predicted molar refractivity (Wildman–Crippen MR) is 70.1 cm³/mol. The summed E-state index contributed by atoms with van der Waals surface area (Å²) in [6.07, 6.45) is 6.90. The number of carbonyl (C=O) groups excluding carboxylic acids is 1. The van der Waals surface area contributed by atoms with Crippen molar-refractivity contribution < 1.29 is 4.79 Å². The second-order valence-corrected chi connectivity index (χ2v) is 6.80. The van der Waals surface area contributed by atoms with E-state index < -0.39 is 0 Å². The van der Waals surface area contributed by atoms with E-state index in [9.17, 15) is 4.79 Å². The molecule has 1 N–H and O–H groups in total. The Hall–Kier alpha value is 0.110. The van der Waals surface area contributed by atoms with Gasteiger partial charge in [0.15, 0.2) is 0 Å². The van der Waals surface area contributed by atoms with Gasteiger partial charge in [0.1, 0.15) is 0 Å². The van der Waals surface area contributed by atoms with E-state index in [0.29, 0.717) is 11.3 Å². The maximum Gasteiger partial charge on any atom is 0.233 e. The van der Waals surface area contributed by atoms with Crippen LogP contribution in [0.4, 0.5) is 0 Å². The summed E-state index contributed by atoms with van der Waals surface area (Å²) in [4.78, 5) is 11.8. The molecule has 2 nitrogen and oxygen atoms in total. The molecule has 2 fully saturated rings. The second kappa shape index (κ2) is 6.15. The van der Waals surface area contributed by atoms with Crippen molar-refractivity contribution in [3.8, 4) is 0 Å². The van der Waals surface area contributed by atoms with Crippen molar-refractivity contribution in [2.75, 3.05) is 12.3 Å². The molecule has 0 radical (unpaired) electrons. The molecule has 92 valence electrons. The summed E-state index contributed by atoms with van der Waals surface area (Å²) in [5, 5.41) is 3.64. The van der Waals surface area contributed by atoms with E-state index in [2.05, 4.69) is 5.32 Å². The zero-order chi connectivity index (χ0) is 11.4. The fourth-order valence-electron chi connectivity index (χ4n) is 2.55. The number of halogens is 1. The van der Waals surface area contributed by atoms with Crippen LogP contribution in [0.5, 0.6) is 0 Å². The van der Waals surface area contributed by atoms with E-state index >= 15 is 0 Å². The van der Waals surface area contributed by atoms with Crippen LogP contribution in [0.3, 0.4) is 0 Å². The van der Waals surface area contributed by atoms with Crippen molar-refractivity contribution in [1.82, 2.24) is 5.32 Å². The Morgan fingerprint density at radius 2 is 2.19 bits per heavy atom. The molecule has 0 aromatic rings. The van der Waals surface area contributed by atoms with Gasteiger partial charge in [-0.05, 0) is 43.8 Å². The van der Waals surface area contributed by atoms with Crippen molar-refractivity contribution >= 4 is 29.3 Å². The van der Waals surface area contributed by atoms with Gasteiger partial charge in [-0.2, -0.15) is 0 Å². The van der Waals surface area contributed by atoms with Gasteiger partial charge < -0.3 is 5.32 Å². The molecule has 1 saturated heterocycles. The summed E-state index contributed by atoms with van der Waals surface area (Å²) in [6, 6.07) is 0. The summed E-state index contributed by atoms with van der Waals surface area (Å²) in [7, 11) is 0. The van der Waals surface area contributed by atoms with E-state index in [1.165, 1.54) is 19.3 Å². The molecular weight excluding hydrogens is 242 g/mol. The topological polar surface area (TPSA) is 29.1 Å². The molecule has 1 amide bonds. The summed E-state index contributed by atoms with van der Waals surface area (Å²) >= 11 is 7.94. The fraction of sp³-hybridized carbons (Fsp3) is 0.917. The first-order valence-electron chi connectivity index (χ1n) is 6.29. The third kappa shape index (κ3) is 3.56. The molecule has 2 rings (SSSR count). The third-order valence-electron chi connectivity index (χ3n) is 3.51. The van der Waals surface area contributed by atoms with Crippen molar-refractivity contribution in [3.05, 3.63) is 0 Å². The first-order valence-corrected chi connectivity index (χ1v) is 7.77. The normalized spacial score (nSPS) is 34.9. The van der Waals surface area contributed by atoms with Crippen LogP contribution in [0.1, 0.15) is 38.5 Å². The molecule has 0 bridgehead atoms. The van der Waals surface area contributed by atoms with Gasteiger partial charge in [0.2, 0.25) is 5.91 Å². The second-order valence-electron chi connectivity index (χ2n) is 4.88. The maximum atomic E-state index is 11.8. The summed E-state index contributed by atoms with van der Waals surface area (Å²) in [5.74, 6) is 2.00. The Labute approximate surface area is 107 Å². The number of thioether (sulfide) groups is 1. The molecule has 3 unspecified atom stereocenters. The summed E-state index contributed by atoms with van der Waals surface area (Å²) < 4.78 is 0. The van der Waals surface area contributed by atoms with Crippen molar-refractivity contribution in [1.29, 1.82) is 0 Å². The van der Waals surface area contributed by atoms with Crippen molar-refractivity contribution in [2.45, 2.75) is 49.2 Å². The number of nitrogens with one attached hydrogen (secondary N) is 1. The van der Waals surface area contributed by atoms with Gasteiger partial charge in [0, 0.05) is 11.9 Å². The number of amides is 1. The lowest BCUT2D eigenvalue weighted by Gasteiger charge is -2.25. The maximum absolute atomic E-state index is 11.8. The standard InChI is InChI=1S/C12H20ClNOS/c13-10-4-1-3-9(7-10)8-14-12(15)11-5-2-6-16-11/h9-11H,1-8H2,(H,14,15). The van der Waals surface area contributed by atoms with Gasteiger partial charge in [0.05, 0.1) is 5.25 Å². The lowest BCUT2D eigenvalue weighted by atomic mass is 9.89. The van der Waals surface area contributed by atoms with Crippen LogP contribution in [0.15, 0.2) is 0 Å². The highest BCUT2D eigenvalue weighted by Crippen LogP contribution is 2.28. The predicted octanol–water partition coefficient (Wildman–Crippen LogP) is 2.80. The van der Waals surface area contributed by atoms with Gasteiger partial charge in [-0.15, -0.1) is 23.4 Å². The quantitative estimate of drug-likeness (QED) is 0.792. The molecular formula is C12H20ClNOS. The average molecular weight is 262 g/mol. The number of hydrogen-bond acceptors (Lipinski definition) is 2. The van der Waals surface area contributed by atoms with Gasteiger partial charge in [0.25, 0.3) is 0 Å². The van der Waals surface area contributed by atoms with E-state index in [0.717, 1.165) is 31.6 Å². The lowest BCUT2D eigenvalue weighted by Crippen LogP contribution is -2.36. The number of hydrogen-bond donors (Lipinski definition) is 1. The molecule has 1 saturated carbocycles. The number of carbonyl (C=O) groups is 1. The Balaban J connectivity index is 1.67. The van der Waals surface area contributed by atoms with Crippen LogP contribution in [-0.2, 0) is 4.79 Å². The van der Waals surface area contributed by atoms with Gasteiger partial charge in [-0.1, -0.05) is 6.42 Å². The zero-order valence-electron chi connectivity index (χ0n) is 9.58. The van der Waals surface area contributed by atoms with Crippen LogP contribution in [0.25, 0.3) is 0 Å². The molecule has 1 aliphatic carbocycles. The van der Waals surface area contributed by atoms with Crippen LogP contribution in [-0.4, -0.2) is 28.8 Å².